The molecule has 1 amide bonds. The van der Waals surface area contributed by atoms with E-state index in [1.165, 1.54) is 5.56 Å². The summed E-state index contributed by atoms with van der Waals surface area (Å²) in [7, 11) is 0. The molecular weight excluding hydrogens is 390 g/mol. The third kappa shape index (κ3) is 8.79. The predicted molar refractivity (Wildman–Crippen MR) is 122 cm³/mol. The average molecular weight is 428 g/mol. The molecule has 0 saturated carbocycles. The van der Waals surface area contributed by atoms with E-state index in [9.17, 15) is 4.79 Å². The number of amides is 1. The zero-order valence-electron chi connectivity index (χ0n) is 18.9. The van der Waals surface area contributed by atoms with Crippen molar-refractivity contribution in [3.05, 3.63) is 47.6 Å². The Labute approximate surface area is 186 Å². The molecule has 1 aliphatic rings. The molecule has 1 saturated heterocycles. The third-order valence-electron chi connectivity index (χ3n) is 5.72. The first-order valence-corrected chi connectivity index (χ1v) is 11.8. The van der Waals surface area contributed by atoms with Crippen LogP contribution in [-0.4, -0.2) is 65.1 Å². The summed E-state index contributed by atoms with van der Waals surface area (Å²) in [6.07, 6.45) is 5.92. The van der Waals surface area contributed by atoms with Gasteiger partial charge in [-0.2, -0.15) is 4.98 Å². The molecule has 0 bridgehead atoms. The monoisotopic (exact) mass is 427 g/mol. The summed E-state index contributed by atoms with van der Waals surface area (Å²) in [5, 5.41) is 6.98. The highest BCUT2D eigenvalue weighted by Crippen LogP contribution is 2.09. The number of rotatable bonds is 13. The minimum Gasteiger partial charge on any atom is -0.356 e. The fourth-order valence-electron chi connectivity index (χ4n) is 3.91. The van der Waals surface area contributed by atoms with Gasteiger partial charge in [-0.25, -0.2) is 0 Å². The number of hydrogen-bond donors (Lipinski definition) is 1. The lowest BCUT2D eigenvalue weighted by atomic mass is 10.2. The van der Waals surface area contributed by atoms with Gasteiger partial charge in [0.25, 0.3) is 0 Å². The van der Waals surface area contributed by atoms with Gasteiger partial charge >= 0.3 is 0 Å². The summed E-state index contributed by atoms with van der Waals surface area (Å²) < 4.78 is 5.21. The van der Waals surface area contributed by atoms with Crippen LogP contribution in [0.15, 0.2) is 34.9 Å². The van der Waals surface area contributed by atoms with Gasteiger partial charge in [-0.1, -0.05) is 42.4 Å². The number of nitrogens with zero attached hydrogens (tertiary/aromatic N) is 4. The normalized spacial score (nSPS) is 15.3. The molecule has 7 nitrogen and oxygen atoms in total. The number of benzene rings is 1. The Morgan fingerprint density at radius 2 is 1.81 bits per heavy atom. The number of piperazine rings is 1. The quantitative estimate of drug-likeness (QED) is 0.495. The number of aromatic nitrogens is 2. The lowest BCUT2D eigenvalue weighted by molar-refractivity contribution is -0.121. The highest BCUT2D eigenvalue weighted by atomic mass is 16.5. The first-order valence-electron chi connectivity index (χ1n) is 11.8. The van der Waals surface area contributed by atoms with Crippen LogP contribution in [0.5, 0.6) is 0 Å². The van der Waals surface area contributed by atoms with Crippen LogP contribution >= 0.6 is 0 Å². The molecule has 1 aromatic heterocycles. The summed E-state index contributed by atoms with van der Waals surface area (Å²) in [5.74, 6) is 1.52. The number of aryl methyl sites for hydroxylation is 2. The van der Waals surface area contributed by atoms with E-state index in [1.54, 1.807) is 0 Å². The zero-order valence-corrected chi connectivity index (χ0v) is 18.9. The summed E-state index contributed by atoms with van der Waals surface area (Å²) in [4.78, 5) is 21.4. The smallest absolute Gasteiger partial charge is 0.226 e. The summed E-state index contributed by atoms with van der Waals surface area (Å²) in [6.45, 7) is 9.54. The standard InChI is InChI=1S/C24H37N5O2/c1-2-9-22-26-24(31-27-22)13-8-12-23(30)25-14-6-7-15-28-16-18-29(19-17-28)20-21-10-4-3-5-11-21/h3-5,10-11H,2,6-9,12-20H2,1H3,(H,25,30). The molecule has 1 aliphatic heterocycles. The van der Waals surface area contributed by atoms with E-state index in [0.29, 0.717) is 18.7 Å². The molecule has 1 aromatic carbocycles. The van der Waals surface area contributed by atoms with Crippen molar-refractivity contribution in [3.8, 4) is 0 Å². The van der Waals surface area contributed by atoms with Crippen molar-refractivity contribution in [2.75, 3.05) is 39.3 Å². The Balaban J connectivity index is 1.17. The van der Waals surface area contributed by atoms with E-state index in [1.807, 2.05) is 0 Å². The van der Waals surface area contributed by atoms with Crippen molar-refractivity contribution in [1.29, 1.82) is 0 Å². The van der Waals surface area contributed by atoms with Gasteiger partial charge in [-0.15, -0.1) is 0 Å². The second kappa shape index (κ2) is 13.2. The van der Waals surface area contributed by atoms with E-state index in [0.717, 1.165) is 83.7 Å². The van der Waals surface area contributed by atoms with E-state index < -0.39 is 0 Å². The highest BCUT2D eigenvalue weighted by molar-refractivity contribution is 5.75. The van der Waals surface area contributed by atoms with E-state index in [4.69, 9.17) is 4.52 Å². The second-order valence-corrected chi connectivity index (χ2v) is 8.37. The highest BCUT2D eigenvalue weighted by Gasteiger charge is 2.16. The van der Waals surface area contributed by atoms with Crippen LogP contribution in [0.2, 0.25) is 0 Å². The lowest BCUT2D eigenvalue weighted by Crippen LogP contribution is -2.46. The molecule has 170 valence electrons. The first kappa shape index (κ1) is 23.4. The topological polar surface area (TPSA) is 74.5 Å². The number of unbranched alkanes of at least 4 members (excludes halogenated alkanes) is 1. The van der Waals surface area contributed by atoms with E-state index >= 15 is 0 Å². The fourth-order valence-corrected chi connectivity index (χ4v) is 3.91. The second-order valence-electron chi connectivity index (χ2n) is 8.37. The van der Waals surface area contributed by atoms with Gasteiger partial charge in [0.1, 0.15) is 0 Å². The largest absolute Gasteiger partial charge is 0.356 e. The van der Waals surface area contributed by atoms with Gasteiger partial charge in [0.05, 0.1) is 0 Å². The Morgan fingerprint density at radius 3 is 2.58 bits per heavy atom. The molecule has 7 heteroatoms. The van der Waals surface area contributed by atoms with Crippen molar-refractivity contribution in [1.82, 2.24) is 25.3 Å². The predicted octanol–water partition coefficient (Wildman–Crippen LogP) is 3.06. The van der Waals surface area contributed by atoms with Crippen LogP contribution in [0.3, 0.4) is 0 Å². The van der Waals surface area contributed by atoms with Crippen molar-refractivity contribution in [2.45, 2.75) is 58.4 Å². The van der Waals surface area contributed by atoms with Crippen LogP contribution in [-0.2, 0) is 24.2 Å². The van der Waals surface area contributed by atoms with Crippen LogP contribution in [0, 0.1) is 0 Å². The van der Waals surface area contributed by atoms with Crippen molar-refractivity contribution in [3.63, 3.8) is 0 Å². The summed E-state index contributed by atoms with van der Waals surface area (Å²) in [6, 6.07) is 10.7. The number of carbonyl (C=O) groups is 1. The van der Waals surface area contributed by atoms with Gasteiger partial charge in [0.2, 0.25) is 11.8 Å². The minimum absolute atomic E-state index is 0.114. The Hall–Kier alpha value is -2.25. The molecule has 0 atom stereocenters. The van der Waals surface area contributed by atoms with Crippen LogP contribution in [0.4, 0.5) is 0 Å². The van der Waals surface area contributed by atoms with Crippen molar-refractivity contribution in [2.24, 2.45) is 0 Å². The molecule has 31 heavy (non-hydrogen) atoms. The minimum atomic E-state index is 0.114. The Bertz CT molecular complexity index is 756. The molecule has 3 rings (SSSR count). The van der Waals surface area contributed by atoms with Gasteiger partial charge < -0.3 is 14.7 Å². The molecule has 0 radical (unpaired) electrons. The van der Waals surface area contributed by atoms with Crippen LogP contribution in [0.1, 0.15) is 56.3 Å². The number of carbonyl (C=O) groups excluding carboxylic acids is 1. The SMILES string of the molecule is CCCc1noc(CCCC(=O)NCCCCN2CCN(Cc3ccccc3)CC2)n1. The first-order chi connectivity index (χ1) is 15.2. The van der Waals surface area contributed by atoms with Crippen molar-refractivity contribution >= 4 is 5.91 Å². The molecule has 0 spiro atoms. The molecule has 1 fully saturated rings. The van der Waals surface area contributed by atoms with Gasteiger partial charge in [0, 0.05) is 58.5 Å². The summed E-state index contributed by atoms with van der Waals surface area (Å²) in [5.41, 5.74) is 1.39. The number of nitrogens with one attached hydrogen (secondary N) is 1. The van der Waals surface area contributed by atoms with Gasteiger partial charge in [-0.05, 0) is 37.8 Å². The molecule has 2 heterocycles. The number of hydrogen-bond acceptors (Lipinski definition) is 6. The Morgan fingerprint density at radius 1 is 1.03 bits per heavy atom. The molecular formula is C24H37N5O2. The fraction of sp³-hybridized carbons (Fsp3) is 0.625. The van der Waals surface area contributed by atoms with Gasteiger partial charge in [0.15, 0.2) is 5.82 Å². The van der Waals surface area contributed by atoms with E-state index in [-0.39, 0.29) is 5.91 Å². The Kier molecular flexibility index (Phi) is 9.99. The summed E-state index contributed by atoms with van der Waals surface area (Å²) >= 11 is 0. The average Bonchev–Trinajstić information content (AvgIpc) is 3.23. The third-order valence-corrected chi connectivity index (χ3v) is 5.72. The molecule has 1 N–H and O–H groups in total. The van der Waals surface area contributed by atoms with Crippen LogP contribution < -0.4 is 5.32 Å². The van der Waals surface area contributed by atoms with Gasteiger partial charge in [-0.3, -0.25) is 9.69 Å². The van der Waals surface area contributed by atoms with E-state index in [2.05, 4.69) is 62.5 Å². The molecule has 0 unspecified atom stereocenters. The molecule has 0 aliphatic carbocycles. The molecule has 2 aromatic rings. The maximum Gasteiger partial charge on any atom is 0.226 e. The lowest BCUT2D eigenvalue weighted by Gasteiger charge is -2.34. The van der Waals surface area contributed by atoms with Crippen LogP contribution in [0.25, 0.3) is 0 Å². The van der Waals surface area contributed by atoms with Crippen molar-refractivity contribution < 1.29 is 9.32 Å². The maximum atomic E-state index is 12.0. The zero-order chi connectivity index (χ0) is 21.7. The maximum absolute atomic E-state index is 12.0.